The first-order chi connectivity index (χ1) is 10.6. The predicted octanol–water partition coefficient (Wildman–Crippen LogP) is 2.34. The largest absolute Gasteiger partial charge is 0.368 e. The summed E-state index contributed by atoms with van der Waals surface area (Å²) >= 11 is 0. The summed E-state index contributed by atoms with van der Waals surface area (Å²) in [4.78, 5) is 14.1. The first-order valence-corrected chi connectivity index (χ1v) is 7.37. The molecule has 0 bridgehead atoms. The van der Waals surface area contributed by atoms with Crippen LogP contribution in [0.5, 0.6) is 0 Å². The van der Waals surface area contributed by atoms with Crippen molar-refractivity contribution in [2.75, 3.05) is 18.8 Å². The van der Waals surface area contributed by atoms with Crippen molar-refractivity contribution in [2.24, 2.45) is 0 Å². The van der Waals surface area contributed by atoms with Gasteiger partial charge in [0.1, 0.15) is 5.82 Å². The van der Waals surface area contributed by atoms with Gasteiger partial charge in [0, 0.05) is 25.1 Å². The summed E-state index contributed by atoms with van der Waals surface area (Å²) in [6, 6.07) is 8.13. The van der Waals surface area contributed by atoms with Crippen LogP contribution in [-0.4, -0.2) is 29.1 Å². The summed E-state index contributed by atoms with van der Waals surface area (Å²) < 4.78 is 18.5. The molecule has 0 atom stereocenters. The van der Waals surface area contributed by atoms with E-state index in [0.717, 1.165) is 18.5 Å². The van der Waals surface area contributed by atoms with Gasteiger partial charge >= 0.3 is 0 Å². The number of hydrogen-bond donors (Lipinski definition) is 1. The van der Waals surface area contributed by atoms with E-state index in [0.29, 0.717) is 24.5 Å². The number of aromatic nitrogens is 1. The number of nitrogens with zero attached hydrogens (tertiary/aromatic N) is 2. The summed E-state index contributed by atoms with van der Waals surface area (Å²) in [6.45, 7) is 1.29. The molecular weight excluding hydrogens is 285 g/mol. The van der Waals surface area contributed by atoms with E-state index in [9.17, 15) is 9.18 Å². The molecule has 1 amide bonds. The van der Waals surface area contributed by atoms with E-state index >= 15 is 0 Å². The summed E-state index contributed by atoms with van der Waals surface area (Å²) in [5, 5.41) is 3.94. The molecule has 2 N–H and O–H groups in total. The summed E-state index contributed by atoms with van der Waals surface area (Å²) in [7, 11) is 0. The van der Waals surface area contributed by atoms with Crippen LogP contribution in [0.15, 0.2) is 34.9 Å². The third-order valence-corrected chi connectivity index (χ3v) is 4.11. The van der Waals surface area contributed by atoms with Crippen molar-refractivity contribution in [3.8, 4) is 0 Å². The molecule has 3 rings (SSSR count). The van der Waals surface area contributed by atoms with Crippen molar-refractivity contribution in [1.29, 1.82) is 0 Å². The number of nitrogen functional groups attached to an aromatic ring is 1. The van der Waals surface area contributed by atoms with E-state index in [1.54, 1.807) is 29.2 Å². The third-order valence-electron chi connectivity index (χ3n) is 4.11. The topological polar surface area (TPSA) is 72.4 Å². The molecule has 2 aromatic rings. The minimum Gasteiger partial charge on any atom is -0.368 e. The minimum atomic E-state index is -0.330. The lowest BCUT2D eigenvalue weighted by Crippen LogP contribution is -2.39. The molecule has 0 aliphatic carbocycles. The molecule has 0 saturated carbocycles. The SMILES string of the molecule is Nc1cc(C2CCN(C(=O)Cc3ccccc3F)CC2)no1. The Kier molecular flexibility index (Phi) is 4.09. The highest BCUT2D eigenvalue weighted by Crippen LogP contribution is 2.28. The van der Waals surface area contributed by atoms with Gasteiger partial charge in [0.2, 0.25) is 11.8 Å². The maximum Gasteiger partial charge on any atom is 0.227 e. The molecule has 1 saturated heterocycles. The Hall–Kier alpha value is -2.37. The van der Waals surface area contributed by atoms with Crippen LogP contribution in [0.4, 0.5) is 10.3 Å². The Bertz CT molecular complexity index is 663. The van der Waals surface area contributed by atoms with Crippen molar-refractivity contribution in [2.45, 2.75) is 25.2 Å². The van der Waals surface area contributed by atoms with Gasteiger partial charge in [-0.2, -0.15) is 0 Å². The van der Waals surface area contributed by atoms with Gasteiger partial charge in [0.15, 0.2) is 0 Å². The predicted molar refractivity (Wildman–Crippen MR) is 79.6 cm³/mol. The van der Waals surface area contributed by atoms with Crippen LogP contribution in [-0.2, 0) is 11.2 Å². The molecule has 0 radical (unpaired) electrons. The zero-order valence-corrected chi connectivity index (χ0v) is 12.2. The zero-order chi connectivity index (χ0) is 15.5. The number of carbonyl (C=O) groups is 1. The van der Waals surface area contributed by atoms with Crippen LogP contribution >= 0.6 is 0 Å². The van der Waals surface area contributed by atoms with Crippen LogP contribution in [0.3, 0.4) is 0 Å². The average Bonchev–Trinajstić information content (AvgIpc) is 2.96. The molecular formula is C16H18FN3O2. The molecule has 6 heteroatoms. The number of piperidine rings is 1. The number of benzene rings is 1. The molecule has 1 fully saturated rings. The van der Waals surface area contributed by atoms with Crippen LogP contribution < -0.4 is 5.73 Å². The van der Waals surface area contributed by atoms with Gasteiger partial charge < -0.3 is 15.2 Å². The molecule has 2 heterocycles. The van der Waals surface area contributed by atoms with Crippen molar-refractivity contribution < 1.29 is 13.7 Å². The van der Waals surface area contributed by atoms with Crippen LogP contribution in [0.25, 0.3) is 0 Å². The fourth-order valence-electron chi connectivity index (χ4n) is 2.84. The number of likely N-dealkylation sites (tertiary alicyclic amines) is 1. The first kappa shape index (κ1) is 14.6. The molecule has 1 aromatic carbocycles. The molecule has 116 valence electrons. The smallest absolute Gasteiger partial charge is 0.227 e. The monoisotopic (exact) mass is 303 g/mol. The Morgan fingerprint density at radius 3 is 2.73 bits per heavy atom. The average molecular weight is 303 g/mol. The lowest BCUT2D eigenvalue weighted by atomic mass is 9.93. The van der Waals surface area contributed by atoms with Crippen molar-refractivity contribution in [3.63, 3.8) is 0 Å². The molecule has 1 aliphatic heterocycles. The maximum atomic E-state index is 13.6. The number of rotatable bonds is 3. The highest BCUT2D eigenvalue weighted by molar-refractivity contribution is 5.79. The maximum absolute atomic E-state index is 13.6. The zero-order valence-electron chi connectivity index (χ0n) is 12.2. The standard InChI is InChI=1S/C16H18FN3O2/c17-13-4-2-1-3-12(13)9-16(21)20-7-5-11(6-8-20)14-10-15(18)22-19-14/h1-4,10-11H,5-9,18H2. The van der Waals surface area contributed by atoms with Gasteiger partial charge in [-0.25, -0.2) is 4.39 Å². The molecule has 0 spiro atoms. The van der Waals surface area contributed by atoms with E-state index in [1.807, 2.05) is 0 Å². The highest BCUT2D eigenvalue weighted by Gasteiger charge is 2.26. The fraction of sp³-hybridized carbons (Fsp3) is 0.375. The summed E-state index contributed by atoms with van der Waals surface area (Å²) in [5.74, 6) is 0.207. The van der Waals surface area contributed by atoms with Gasteiger partial charge in [0.05, 0.1) is 12.1 Å². The fourth-order valence-corrected chi connectivity index (χ4v) is 2.84. The number of amides is 1. The summed E-state index contributed by atoms with van der Waals surface area (Å²) in [6.07, 6.45) is 1.73. The van der Waals surface area contributed by atoms with E-state index in [4.69, 9.17) is 10.3 Å². The Morgan fingerprint density at radius 1 is 1.36 bits per heavy atom. The number of anilines is 1. The van der Waals surface area contributed by atoms with Crippen molar-refractivity contribution in [3.05, 3.63) is 47.4 Å². The van der Waals surface area contributed by atoms with E-state index in [1.165, 1.54) is 6.07 Å². The van der Waals surface area contributed by atoms with Crippen LogP contribution in [0.2, 0.25) is 0 Å². The minimum absolute atomic E-state index is 0.0387. The van der Waals surface area contributed by atoms with Gasteiger partial charge in [-0.3, -0.25) is 4.79 Å². The molecule has 22 heavy (non-hydrogen) atoms. The molecule has 5 nitrogen and oxygen atoms in total. The van der Waals surface area contributed by atoms with E-state index in [2.05, 4.69) is 5.16 Å². The van der Waals surface area contributed by atoms with E-state index in [-0.39, 0.29) is 24.1 Å². The van der Waals surface area contributed by atoms with Gasteiger partial charge in [-0.05, 0) is 24.5 Å². The normalized spacial score (nSPS) is 16.0. The number of carbonyl (C=O) groups excluding carboxylic acids is 1. The van der Waals surface area contributed by atoms with Gasteiger partial charge in [-0.15, -0.1) is 0 Å². The summed E-state index contributed by atoms with van der Waals surface area (Å²) in [5.41, 5.74) is 6.82. The van der Waals surface area contributed by atoms with Crippen LogP contribution in [0, 0.1) is 5.82 Å². The Balaban J connectivity index is 1.57. The van der Waals surface area contributed by atoms with Crippen LogP contribution in [0.1, 0.15) is 30.0 Å². The van der Waals surface area contributed by atoms with Gasteiger partial charge in [-0.1, -0.05) is 23.4 Å². The first-order valence-electron chi connectivity index (χ1n) is 7.37. The second kappa shape index (κ2) is 6.17. The number of nitrogens with two attached hydrogens (primary N) is 1. The third kappa shape index (κ3) is 3.10. The lowest BCUT2D eigenvalue weighted by Gasteiger charge is -2.31. The number of hydrogen-bond acceptors (Lipinski definition) is 4. The highest BCUT2D eigenvalue weighted by atomic mass is 19.1. The Morgan fingerprint density at radius 2 is 2.09 bits per heavy atom. The Labute approximate surface area is 127 Å². The van der Waals surface area contributed by atoms with Crippen molar-refractivity contribution >= 4 is 11.8 Å². The lowest BCUT2D eigenvalue weighted by molar-refractivity contribution is -0.131. The number of halogens is 1. The second-order valence-corrected chi connectivity index (χ2v) is 5.58. The second-order valence-electron chi connectivity index (χ2n) is 5.58. The molecule has 1 aromatic heterocycles. The quantitative estimate of drug-likeness (QED) is 0.944. The molecule has 1 aliphatic rings. The van der Waals surface area contributed by atoms with E-state index < -0.39 is 0 Å². The van der Waals surface area contributed by atoms with Crippen molar-refractivity contribution in [1.82, 2.24) is 10.1 Å². The molecule has 0 unspecified atom stereocenters. The van der Waals surface area contributed by atoms with Gasteiger partial charge in [0.25, 0.3) is 0 Å².